The molecule has 1 rings (SSSR count). The fourth-order valence-corrected chi connectivity index (χ4v) is 10.2. The second kappa shape index (κ2) is 47.4. The number of quaternary nitrogens is 1. The summed E-state index contributed by atoms with van der Waals surface area (Å²) in [6.07, 6.45) is 70.9. The molecular weight excluding hydrogens is 715 g/mol. The molecule has 354 valence electrons. The number of hydrogen-bond acceptors (Lipinski definition) is 1. The Morgan fingerprint density at radius 2 is 0.407 bits per heavy atom. The van der Waals surface area contributed by atoms with Crippen LogP contribution in [0.3, 0.4) is 0 Å². The van der Waals surface area contributed by atoms with Crippen LogP contribution in [0.25, 0.3) is 0 Å². The molecule has 0 radical (unpaired) electrons. The molecule has 2 nitrogen and oxygen atoms in total. The van der Waals surface area contributed by atoms with E-state index in [1.807, 2.05) is 0 Å². The molecule has 0 aromatic rings. The molecule has 0 bridgehead atoms. The zero-order valence-corrected chi connectivity index (χ0v) is 41.9. The molecule has 1 aliphatic rings. The third-order valence-electron chi connectivity index (χ3n) is 14.5. The smallest absolute Gasteiger partial charge is 0.130 e. The van der Waals surface area contributed by atoms with Crippen LogP contribution in [0.15, 0.2) is 0 Å². The van der Waals surface area contributed by atoms with E-state index < -0.39 is 0 Å². The average Bonchev–Trinajstić information content (AvgIpc) is 4.07. The van der Waals surface area contributed by atoms with Crippen molar-refractivity contribution in [1.82, 2.24) is 0 Å². The number of nitrogens with zero attached hydrogens (tertiary/aromatic N) is 1. The largest absolute Gasteiger partial charge is 0.367 e. The fraction of sp³-hybridized carbons (Fsp3) is 1.00. The van der Waals surface area contributed by atoms with Crippen molar-refractivity contribution in [3.8, 4) is 0 Å². The van der Waals surface area contributed by atoms with Crippen LogP contribution in [0, 0.1) is 0 Å². The van der Waals surface area contributed by atoms with Gasteiger partial charge in [-0.05, 0) is 38.5 Å². The van der Waals surface area contributed by atoms with Crippen LogP contribution in [0.5, 0.6) is 0 Å². The van der Waals surface area contributed by atoms with Crippen molar-refractivity contribution in [1.29, 1.82) is 0 Å². The number of epoxide rings is 1. The monoisotopic (exact) mass is 831 g/mol. The molecular formula is C57H116NO+. The maximum Gasteiger partial charge on any atom is 0.130 e. The number of rotatable bonds is 53. The summed E-state index contributed by atoms with van der Waals surface area (Å²) >= 11 is 0. The average molecular weight is 832 g/mol. The highest BCUT2D eigenvalue weighted by atomic mass is 16.6. The first kappa shape index (κ1) is 56.9. The molecule has 1 heterocycles. The Bertz CT molecular complexity index is 673. The lowest BCUT2D eigenvalue weighted by atomic mass is 10.0. The van der Waals surface area contributed by atoms with Gasteiger partial charge in [-0.15, -0.1) is 0 Å². The van der Waals surface area contributed by atoms with Gasteiger partial charge in [-0.3, -0.25) is 0 Å². The molecule has 0 spiro atoms. The molecule has 0 amide bonds. The molecule has 1 atom stereocenters. The van der Waals surface area contributed by atoms with Gasteiger partial charge in [-0.2, -0.15) is 0 Å². The van der Waals surface area contributed by atoms with Gasteiger partial charge >= 0.3 is 0 Å². The fourth-order valence-electron chi connectivity index (χ4n) is 10.2. The first-order chi connectivity index (χ1) is 29.3. The minimum Gasteiger partial charge on any atom is -0.367 e. The Hall–Kier alpha value is -0.0800. The standard InChI is InChI=1S/C57H116NO/c1-4-7-10-13-16-19-22-25-28-31-34-37-40-43-46-49-52-58(55-57-56-59-57,53-50-47-44-41-38-35-32-29-26-23-20-17-14-11-8-5-2)54-51-48-45-42-39-36-33-30-27-24-21-18-15-12-9-6-3/h57H,4-56H2,1-3H3/q+1. The van der Waals surface area contributed by atoms with Crippen LogP contribution < -0.4 is 0 Å². The van der Waals surface area contributed by atoms with Gasteiger partial charge in [0.05, 0.1) is 26.2 Å². The number of ether oxygens (including phenoxy) is 1. The van der Waals surface area contributed by atoms with E-state index in [0.29, 0.717) is 6.10 Å². The number of unbranched alkanes of at least 4 members (excludes halogenated alkanes) is 45. The summed E-state index contributed by atoms with van der Waals surface area (Å²) in [7, 11) is 0. The van der Waals surface area contributed by atoms with Crippen LogP contribution in [0.4, 0.5) is 0 Å². The lowest BCUT2D eigenvalue weighted by molar-refractivity contribution is -0.929. The molecule has 0 N–H and O–H groups in total. The zero-order valence-electron chi connectivity index (χ0n) is 41.9. The molecule has 59 heavy (non-hydrogen) atoms. The first-order valence-electron chi connectivity index (χ1n) is 28.7. The Balaban J connectivity index is 2.29. The highest BCUT2D eigenvalue weighted by Gasteiger charge is 2.36. The normalized spacial score (nSPS) is 14.2. The van der Waals surface area contributed by atoms with E-state index >= 15 is 0 Å². The van der Waals surface area contributed by atoms with Crippen molar-refractivity contribution in [3.63, 3.8) is 0 Å². The summed E-state index contributed by atoms with van der Waals surface area (Å²) in [5.74, 6) is 0. The Kier molecular flexibility index (Phi) is 45.7. The zero-order chi connectivity index (χ0) is 42.3. The Labute approximate surface area is 375 Å². The van der Waals surface area contributed by atoms with E-state index in [9.17, 15) is 0 Å². The molecule has 1 fully saturated rings. The van der Waals surface area contributed by atoms with Crippen LogP contribution in [-0.4, -0.2) is 43.4 Å². The molecule has 2 heteroatoms. The minimum absolute atomic E-state index is 0.568. The quantitative estimate of drug-likeness (QED) is 0.0338. The number of hydrogen-bond donors (Lipinski definition) is 0. The first-order valence-corrected chi connectivity index (χ1v) is 28.7. The molecule has 1 unspecified atom stereocenters. The van der Waals surface area contributed by atoms with Gasteiger partial charge in [-0.25, -0.2) is 0 Å². The van der Waals surface area contributed by atoms with E-state index in [-0.39, 0.29) is 0 Å². The summed E-state index contributed by atoms with van der Waals surface area (Å²) in [6.45, 7) is 13.6. The van der Waals surface area contributed by atoms with Crippen molar-refractivity contribution < 1.29 is 9.22 Å². The van der Waals surface area contributed by atoms with E-state index in [1.165, 1.54) is 339 Å². The van der Waals surface area contributed by atoms with Crippen molar-refractivity contribution in [2.45, 2.75) is 335 Å². The van der Waals surface area contributed by atoms with Crippen LogP contribution >= 0.6 is 0 Å². The topological polar surface area (TPSA) is 12.5 Å². The second-order valence-corrected chi connectivity index (χ2v) is 20.6. The molecule has 0 aromatic heterocycles. The van der Waals surface area contributed by atoms with Crippen molar-refractivity contribution in [3.05, 3.63) is 0 Å². The highest BCUT2D eigenvalue weighted by molar-refractivity contribution is 4.70. The van der Waals surface area contributed by atoms with Gasteiger partial charge < -0.3 is 9.22 Å². The van der Waals surface area contributed by atoms with E-state index in [2.05, 4.69) is 20.8 Å². The minimum atomic E-state index is 0.568. The SMILES string of the molecule is CCCCCCCCCCCCCCCCCC[N+](CCCCCCCCCCCCCCCCCC)(CCCCCCCCCCCCCCCCCC)CC1CO1. The van der Waals surface area contributed by atoms with Crippen LogP contribution in [0.2, 0.25) is 0 Å². The van der Waals surface area contributed by atoms with E-state index in [4.69, 9.17) is 4.74 Å². The van der Waals surface area contributed by atoms with Gasteiger partial charge in [0.25, 0.3) is 0 Å². The Morgan fingerprint density at radius 3 is 0.559 bits per heavy atom. The summed E-state index contributed by atoms with van der Waals surface area (Å²) in [5.41, 5.74) is 0. The van der Waals surface area contributed by atoms with Gasteiger partial charge in [0.2, 0.25) is 0 Å². The van der Waals surface area contributed by atoms with Gasteiger partial charge in [-0.1, -0.05) is 290 Å². The molecule has 0 aromatic carbocycles. The highest BCUT2D eigenvalue weighted by Crippen LogP contribution is 2.24. The Morgan fingerprint density at radius 1 is 0.254 bits per heavy atom. The summed E-state index contributed by atoms with van der Waals surface area (Å²) in [4.78, 5) is 0. The summed E-state index contributed by atoms with van der Waals surface area (Å²) in [5, 5.41) is 0. The van der Waals surface area contributed by atoms with Crippen molar-refractivity contribution in [2.75, 3.05) is 32.8 Å². The van der Waals surface area contributed by atoms with E-state index in [0.717, 1.165) is 6.61 Å². The predicted molar refractivity (Wildman–Crippen MR) is 268 cm³/mol. The van der Waals surface area contributed by atoms with Crippen LogP contribution in [0.1, 0.15) is 329 Å². The molecule has 1 aliphatic heterocycles. The maximum atomic E-state index is 5.95. The molecule has 0 saturated carbocycles. The van der Waals surface area contributed by atoms with Crippen molar-refractivity contribution >= 4 is 0 Å². The van der Waals surface area contributed by atoms with Crippen LogP contribution in [-0.2, 0) is 4.74 Å². The van der Waals surface area contributed by atoms with Gasteiger partial charge in [0.1, 0.15) is 12.6 Å². The predicted octanol–water partition coefficient (Wildman–Crippen LogP) is 20.0. The maximum absolute atomic E-state index is 5.95. The lowest BCUT2D eigenvalue weighted by Gasteiger charge is -2.39. The van der Waals surface area contributed by atoms with Gasteiger partial charge in [0.15, 0.2) is 0 Å². The third kappa shape index (κ3) is 43.0. The molecule has 0 aliphatic carbocycles. The lowest BCUT2D eigenvalue weighted by Crippen LogP contribution is -2.52. The second-order valence-electron chi connectivity index (χ2n) is 20.6. The summed E-state index contributed by atoms with van der Waals surface area (Å²) in [6, 6.07) is 0. The molecule has 1 saturated heterocycles. The summed E-state index contributed by atoms with van der Waals surface area (Å²) < 4.78 is 7.34. The van der Waals surface area contributed by atoms with Crippen molar-refractivity contribution in [2.24, 2.45) is 0 Å². The van der Waals surface area contributed by atoms with Gasteiger partial charge in [0, 0.05) is 0 Å². The third-order valence-corrected chi connectivity index (χ3v) is 14.5. The van der Waals surface area contributed by atoms with E-state index in [1.54, 1.807) is 0 Å².